The predicted molar refractivity (Wildman–Crippen MR) is 89.0 cm³/mol. The lowest BCUT2D eigenvalue weighted by atomic mass is 10.1. The monoisotopic (exact) mass is 338 g/mol. The summed E-state index contributed by atoms with van der Waals surface area (Å²) in [4.78, 5) is 0. The molecule has 0 aliphatic heterocycles. The van der Waals surface area contributed by atoms with E-state index < -0.39 is 30.9 Å². The summed E-state index contributed by atoms with van der Waals surface area (Å²) in [7, 11) is -3.55. The van der Waals surface area contributed by atoms with Crippen molar-refractivity contribution >= 4 is 9.84 Å². The van der Waals surface area contributed by atoms with Crippen LogP contribution in [0.4, 0.5) is 0 Å². The first kappa shape index (κ1) is 21.8. The number of sulfone groups is 1. The zero-order valence-electron chi connectivity index (χ0n) is 15.5. The first-order valence-corrected chi connectivity index (χ1v) is 9.12. The van der Waals surface area contributed by atoms with Gasteiger partial charge in [-0.25, -0.2) is 8.42 Å². The van der Waals surface area contributed by atoms with E-state index in [-0.39, 0.29) is 13.1 Å². The molecule has 0 atom stereocenters. The molecule has 0 heterocycles. The Morgan fingerprint density at radius 3 is 1.23 bits per heavy atom. The van der Waals surface area contributed by atoms with Crippen LogP contribution in [0.3, 0.4) is 0 Å². The molecule has 0 amide bonds. The van der Waals surface area contributed by atoms with E-state index in [9.17, 15) is 18.8 Å². The van der Waals surface area contributed by atoms with Gasteiger partial charge in [-0.1, -0.05) is 0 Å². The van der Waals surface area contributed by atoms with Crippen LogP contribution >= 0.6 is 0 Å². The average molecular weight is 339 g/mol. The summed E-state index contributed by atoms with van der Waals surface area (Å²) < 4.78 is 24.6. The summed E-state index contributed by atoms with van der Waals surface area (Å²) in [6, 6.07) is 0. The molecule has 0 aromatic rings. The highest BCUT2D eigenvalue weighted by molar-refractivity contribution is 7.93. The number of hydroxylamine groups is 4. The standard InChI is InChI=1S/C15H34N2O4S/c1-13(2,3)16(18)10-12(11-17(19)14(4,5)6)22(20,21)15(7,8)9/h12,18-19H,10-11H2,1-9H3. The molecule has 22 heavy (non-hydrogen) atoms. The van der Waals surface area contributed by atoms with Crippen molar-refractivity contribution in [3.8, 4) is 0 Å². The number of hydrogen-bond acceptors (Lipinski definition) is 6. The van der Waals surface area contributed by atoms with Gasteiger partial charge in [-0.3, -0.25) is 0 Å². The molecule has 0 bridgehead atoms. The lowest BCUT2D eigenvalue weighted by molar-refractivity contribution is -0.175. The Kier molecular flexibility index (Phi) is 6.66. The van der Waals surface area contributed by atoms with Gasteiger partial charge in [0.15, 0.2) is 9.84 Å². The molecule has 134 valence electrons. The van der Waals surface area contributed by atoms with Crippen molar-refractivity contribution in [2.24, 2.45) is 0 Å². The molecule has 0 aliphatic carbocycles. The van der Waals surface area contributed by atoms with E-state index in [1.54, 1.807) is 62.3 Å². The van der Waals surface area contributed by atoms with Crippen molar-refractivity contribution in [3.05, 3.63) is 0 Å². The van der Waals surface area contributed by atoms with Crippen molar-refractivity contribution in [2.75, 3.05) is 13.1 Å². The third kappa shape index (κ3) is 5.77. The van der Waals surface area contributed by atoms with Crippen LogP contribution in [0.15, 0.2) is 0 Å². The molecule has 0 aromatic carbocycles. The molecule has 0 aromatic heterocycles. The third-order valence-electron chi connectivity index (χ3n) is 3.59. The van der Waals surface area contributed by atoms with Gasteiger partial charge in [0.2, 0.25) is 0 Å². The number of nitrogens with zero attached hydrogens (tertiary/aromatic N) is 2. The Bertz CT molecular complexity index is 433. The zero-order valence-corrected chi connectivity index (χ0v) is 16.3. The normalized spacial score (nSPS) is 15.2. The van der Waals surface area contributed by atoms with Crippen molar-refractivity contribution in [3.63, 3.8) is 0 Å². The first-order chi connectivity index (χ1) is 9.40. The average Bonchev–Trinajstić information content (AvgIpc) is 2.23. The maximum atomic E-state index is 12.8. The summed E-state index contributed by atoms with van der Waals surface area (Å²) in [5, 5.41) is 21.5. The number of rotatable bonds is 5. The van der Waals surface area contributed by atoms with Crippen LogP contribution in [0.2, 0.25) is 0 Å². The Labute approximate surface area is 135 Å². The van der Waals surface area contributed by atoms with Crippen LogP contribution in [0.5, 0.6) is 0 Å². The molecule has 0 fully saturated rings. The van der Waals surface area contributed by atoms with Crippen LogP contribution in [-0.2, 0) is 9.84 Å². The molecule has 0 aliphatic rings. The summed E-state index contributed by atoms with van der Waals surface area (Å²) in [5.41, 5.74) is -1.15. The summed E-state index contributed by atoms with van der Waals surface area (Å²) in [5.74, 6) is 0. The molecule has 2 N–H and O–H groups in total. The lowest BCUT2D eigenvalue weighted by Gasteiger charge is -2.38. The highest BCUT2D eigenvalue weighted by Gasteiger charge is 2.41. The highest BCUT2D eigenvalue weighted by atomic mass is 32.2. The van der Waals surface area contributed by atoms with Gasteiger partial charge in [-0.2, -0.15) is 10.1 Å². The van der Waals surface area contributed by atoms with Gasteiger partial charge in [-0.15, -0.1) is 0 Å². The van der Waals surface area contributed by atoms with Crippen molar-refractivity contribution in [1.29, 1.82) is 0 Å². The van der Waals surface area contributed by atoms with Crippen LogP contribution in [0, 0.1) is 0 Å². The van der Waals surface area contributed by atoms with E-state index in [4.69, 9.17) is 0 Å². The zero-order chi connectivity index (χ0) is 18.1. The summed E-state index contributed by atoms with van der Waals surface area (Å²) >= 11 is 0. The molecule has 0 unspecified atom stereocenters. The molecule has 0 radical (unpaired) electrons. The Morgan fingerprint density at radius 2 is 1.05 bits per heavy atom. The highest BCUT2D eigenvalue weighted by Crippen LogP contribution is 2.25. The Balaban J connectivity index is 5.53. The van der Waals surface area contributed by atoms with Gasteiger partial charge in [0, 0.05) is 24.2 Å². The Hall–Kier alpha value is -0.210. The van der Waals surface area contributed by atoms with Crippen molar-refractivity contribution in [2.45, 2.75) is 83.4 Å². The second-order valence-corrected chi connectivity index (χ2v) is 11.8. The van der Waals surface area contributed by atoms with Gasteiger partial charge in [0.05, 0.1) is 10.00 Å². The molecule has 6 nitrogen and oxygen atoms in total. The minimum atomic E-state index is -3.55. The van der Waals surface area contributed by atoms with E-state index in [0.717, 1.165) is 10.1 Å². The van der Waals surface area contributed by atoms with Gasteiger partial charge >= 0.3 is 0 Å². The topological polar surface area (TPSA) is 81.1 Å². The van der Waals surface area contributed by atoms with E-state index in [2.05, 4.69) is 0 Å². The third-order valence-corrected chi connectivity index (χ3v) is 6.48. The van der Waals surface area contributed by atoms with E-state index in [1.165, 1.54) is 0 Å². The minimum Gasteiger partial charge on any atom is -0.313 e. The fourth-order valence-electron chi connectivity index (χ4n) is 1.69. The fourth-order valence-corrected chi connectivity index (χ4v) is 3.36. The maximum Gasteiger partial charge on any atom is 0.160 e. The van der Waals surface area contributed by atoms with Crippen LogP contribution in [0.1, 0.15) is 62.3 Å². The van der Waals surface area contributed by atoms with E-state index >= 15 is 0 Å². The van der Waals surface area contributed by atoms with E-state index in [1.807, 2.05) is 0 Å². The lowest BCUT2D eigenvalue weighted by Crippen LogP contribution is -2.54. The molecule has 7 heteroatoms. The molecule has 0 saturated carbocycles. The maximum absolute atomic E-state index is 12.8. The van der Waals surface area contributed by atoms with Gasteiger partial charge in [-0.05, 0) is 62.3 Å². The summed E-state index contributed by atoms with van der Waals surface area (Å²) in [6.07, 6.45) is 0. The Morgan fingerprint density at radius 1 is 0.773 bits per heavy atom. The smallest absolute Gasteiger partial charge is 0.160 e. The molecule has 0 spiro atoms. The molecular formula is C15H34N2O4S. The fraction of sp³-hybridized carbons (Fsp3) is 1.00. The molecular weight excluding hydrogens is 304 g/mol. The largest absolute Gasteiger partial charge is 0.313 e. The molecule has 0 saturated heterocycles. The SMILES string of the molecule is CC(C)(C)N(O)CC(CN(O)C(C)(C)C)S(=O)(=O)C(C)(C)C. The quantitative estimate of drug-likeness (QED) is 0.750. The van der Waals surface area contributed by atoms with Crippen LogP contribution < -0.4 is 0 Å². The first-order valence-electron chi connectivity index (χ1n) is 7.57. The van der Waals surface area contributed by atoms with Crippen molar-refractivity contribution < 1.29 is 18.8 Å². The van der Waals surface area contributed by atoms with Crippen LogP contribution in [0.25, 0.3) is 0 Å². The summed E-state index contributed by atoms with van der Waals surface area (Å²) in [6.45, 7) is 15.6. The van der Waals surface area contributed by atoms with Gasteiger partial charge in [0.25, 0.3) is 0 Å². The number of hydrogen-bond donors (Lipinski definition) is 2. The van der Waals surface area contributed by atoms with Crippen molar-refractivity contribution in [1.82, 2.24) is 10.1 Å². The van der Waals surface area contributed by atoms with Gasteiger partial charge < -0.3 is 10.4 Å². The van der Waals surface area contributed by atoms with E-state index in [0.29, 0.717) is 0 Å². The molecule has 0 rings (SSSR count). The second kappa shape index (κ2) is 6.73. The minimum absolute atomic E-state index is 0.0593. The van der Waals surface area contributed by atoms with Crippen LogP contribution in [-0.4, -0.2) is 63.1 Å². The predicted octanol–water partition coefficient (Wildman–Crippen LogP) is 2.55. The second-order valence-electron chi connectivity index (χ2n) is 8.79. The van der Waals surface area contributed by atoms with Gasteiger partial charge in [0.1, 0.15) is 0 Å².